The number of ether oxygens (including phenoxy) is 2. The molecule has 1 saturated heterocycles. The lowest BCUT2D eigenvalue weighted by molar-refractivity contribution is 0.0435. The Kier molecular flexibility index (Phi) is 7.24. The first-order valence-corrected chi connectivity index (χ1v) is 12.1. The van der Waals surface area contributed by atoms with Crippen LogP contribution in [0.5, 0.6) is 11.5 Å². The van der Waals surface area contributed by atoms with Crippen LogP contribution in [0.1, 0.15) is 30.7 Å². The highest BCUT2D eigenvalue weighted by atomic mass is 79.9. The fourth-order valence-corrected chi connectivity index (χ4v) is 4.47. The molecule has 6 nitrogen and oxygen atoms in total. The highest BCUT2D eigenvalue weighted by Gasteiger charge is 2.20. The Morgan fingerprint density at radius 3 is 2.55 bits per heavy atom. The third-order valence-electron chi connectivity index (χ3n) is 5.73. The Balaban J connectivity index is 1.71. The fraction of sp³-hybridized carbons (Fsp3) is 0.423. The molecule has 2 aromatic carbocycles. The van der Waals surface area contributed by atoms with Crippen molar-refractivity contribution in [1.29, 1.82) is 0 Å². The van der Waals surface area contributed by atoms with Gasteiger partial charge in [0.2, 0.25) is 0 Å². The average molecular weight is 514 g/mol. The lowest BCUT2D eigenvalue weighted by Crippen LogP contribution is -2.36. The maximum Gasteiger partial charge on any atom is 0.142 e. The zero-order valence-electron chi connectivity index (χ0n) is 19.8. The molecule has 4 rings (SSSR count). The summed E-state index contributed by atoms with van der Waals surface area (Å²) < 4.78 is 14.5. The number of aliphatic hydroxyl groups is 1. The van der Waals surface area contributed by atoms with Crippen molar-refractivity contribution in [2.24, 2.45) is 0 Å². The number of rotatable bonds is 7. The molecule has 33 heavy (non-hydrogen) atoms. The molecule has 1 aliphatic rings. The van der Waals surface area contributed by atoms with Gasteiger partial charge < -0.3 is 14.6 Å². The zero-order chi connectivity index (χ0) is 23.6. The highest BCUT2D eigenvalue weighted by molar-refractivity contribution is 9.10. The van der Waals surface area contributed by atoms with Crippen LogP contribution in [0.4, 0.5) is 0 Å². The summed E-state index contributed by atoms with van der Waals surface area (Å²) in [5, 5.41) is 16.3. The number of hydrogen-bond acceptors (Lipinski definition) is 5. The minimum Gasteiger partial charge on any atom is -0.456 e. The van der Waals surface area contributed by atoms with E-state index in [-0.39, 0.29) is 0 Å². The van der Waals surface area contributed by atoms with E-state index in [4.69, 9.17) is 14.6 Å². The highest BCUT2D eigenvalue weighted by Crippen LogP contribution is 2.37. The molecule has 0 radical (unpaired) electrons. The molecule has 7 heteroatoms. The summed E-state index contributed by atoms with van der Waals surface area (Å²) in [5.74, 6) is 1.61. The van der Waals surface area contributed by atoms with E-state index in [2.05, 4.69) is 59.0 Å². The van der Waals surface area contributed by atoms with Gasteiger partial charge in [-0.25, -0.2) is 0 Å². The van der Waals surface area contributed by atoms with Crippen molar-refractivity contribution in [3.8, 4) is 11.5 Å². The van der Waals surface area contributed by atoms with Gasteiger partial charge in [0.15, 0.2) is 0 Å². The molecule has 1 aromatic heterocycles. The summed E-state index contributed by atoms with van der Waals surface area (Å²) in [7, 11) is 0. The van der Waals surface area contributed by atoms with Crippen molar-refractivity contribution < 1.29 is 14.6 Å². The lowest BCUT2D eigenvalue weighted by atomic mass is 10.1. The second-order valence-electron chi connectivity index (χ2n) is 9.29. The van der Waals surface area contributed by atoms with Crippen LogP contribution in [0.3, 0.4) is 0 Å². The Bertz CT molecular complexity index is 1140. The number of benzene rings is 2. The van der Waals surface area contributed by atoms with Gasteiger partial charge in [0.1, 0.15) is 11.5 Å². The van der Waals surface area contributed by atoms with Gasteiger partial charge in [-0.05, 0) is 73.0 Å². The molecule has 176 valence electrons. The minimum atomic E-state index is -0.881. The van der Waals surface area contributed by atoms with Crippen LogP contribution in [0.15, 0.2) is 40.9 Å². The van der Waals surface area contributed by atoms with E-state index in [0.717, 1.165) is 76.5 Å². The van der Waals surface area contributed by atoms with Crippen LogP contribution >= 0.6 is 15.9 Å². The van der Waals surface area contributed by atoms with E-state index in [1.54, 1.807) is 13.8 Å². The minimum absolute atomic E-state index is 0.393. The Hall–Kier alpha value is -2.19. The molecule has 1 N–H and O–H groups in total. The molecule has 0 amide bonds. The number of fused-ring (bicyclic) bond motifs is 1. The normalized spacial score (nSPS) is 15.6. The predicted octanol–water partition coefficient (Wildman–Crippen LogP) is 5.32. The molecule has 0 unspecified atom stereocenters. The zero-order valence-corrected chi connectivity index (χ0v) is 21.4. The molecule has 2 heterocycles. The molecule has 0 aliphatic carbocycles. The number of para-hydroxylation sites is 1. The van der Waals surface area contributed by atoms with Crippen LogP contribution in [-0.4, -0.2) is 58.2 Å². The Morgan fingerprint density at radius 1 is 1.18 bits per heavy atom. The lowest BCUT2D eigenvalue weighted by Gasteiger charge is -2.25. The number of hydrogen-bond donors (Lipinski definition) is 1. The molecular weight excluding hydrogens is 482 g/mol. The third kappa shape index (κ3) is 5.84. The predicted molar refractivity (Wildman–Crippen MR) is 136 cm³/mol. The Labute approximate surface area is 203 Å². The van der Waals surface area contributed by atoms with E-state index in [1.165, 1.54) is 0 Å². The first-order valence-electron chi connectivity index (χ1n) is 11.3. The maximum absolute atomic E-state index is 10.4. The van der Waals surface area contributed by atoms with Crippen LogP contribution < -0.4 is 4.74 Å². The maximum atomic E-state index is 10.4. The van der Waals surface area contributed by atoms with Crippen molar-refractivity contribution in [2.45, 2.75) is 39.8 Å². The van der Waals surface area contributed by atoms with E-state index >= 15 is 0 Å². The van der Waals surface area contributed by atoms with Gasteiger partial charge in [-0.1, -0.05) is 24.3 Å². The summed E-state index contributed by atoms with van der Waals surface area (Å²) in [4.78, 5) is 2.36. The van der Waals surface area contributed by atoms with E-state index in [9.17, 15) is 5.11 Å². The average Bonchev–Trinajstić information content (AvgIpc) is 3.06. The number of halogens is 1. The summed E-state index contributed by atoms with van der Waals surface area (Å²) >= 11 is 3.69. The number of aromatic nitrogens is 2. The van der Waals surface area contributed by atoms with Crippen molar-refractivity contribution in [1.82, 2.24) is 14.7 Å². The van der Waals surface area contributed by atoms with Crippen molar-refractivity contribution in [3.05, 3.63) is 57.7 Å². The second kappa shape index (κ2) is 9.97. The summed E-state index contributed by atoms with van der Waals surface area (Å²) in [6, 6.07) is 10.2. The Morgan fingerprint density at radius 2 is 1.88 bits per heavy atom. The number of aryl methyl sites for hydroxylation is 2. The largest absolute Gasteiger partial charge is 0.456 e. The third-order valence-corrected chi connectivity index (χ3v) is 6.35. The summed E-state index contributed by atoms with van der Waals surface area (Å²) in [5.41, 5.74) is 3.11. The molecule has 3 aromatic rings. The quantitative estimate of drug-likeness (QED) is 0.462. The molecule has 0 bridgehead atoms. The van der Waals surface area contributed by atoms with Gasteiger partial charge in [0.05, 0.1) is 41.0 Å². The SMILES string of the molecule is Cc1cccc(C)c1Oc1cc2c(/C=C\CN3CCOCC3)nn(CC(C)(C)O)c2cc1Br. The fourth-order valence-electron chi connectivity index (χ4n) is 4.06. The molecule has 0 atom stereocenters. The van der Waals surface area contributed by atoms with Crippen LogP contribution in [0.25, 0.3) is 17.0 Å². The van der Waals surface area contributed by atoms with Crippen molar-refractivity contribution in [2.75, 3.05) is 32.8 Å². The molecule has 1 fully saturated rings. The van der Waals surface area contributed by atoms with Gasteiger partial charge in [-0.3, -0.25) is 9.58 Å². The first kappa shape index (κ1) is 24.0. The smallest absolute Gasteiger partial charge is 0.142 e. The summed E-state index contributed by atoms with van der Waals surface area (Å²) in [6.07, 6.45) is 4.21. The second-order valence-corrected chi connectivity index (χ2v) is 10.1. The van der Waals surface area contributed by atoms with Crippen LogP contribution in [0, 0.1) is 13.8 Å². The number of nitrogens with zero attached hydrogens (tertiary/aromatic N) is 3. The van der Waals surface area contributed by atoms with E-state index < -0.39 is 5.60 Å². The standard InChI is InChI=1S/C26H32BrN3O3/c1-18-7-5-8-19(2)25(18)33-24-15-20-22(9-6-10-29-11-13-32-14-12-29)28-30(17-26(3,4)31)23(20)16-21(24)27/h5-9,15-16,31H,10-14,17H2,1-4H3/b9-6-. The van der Waals surface area contributed by atoms with Gasteiger partial charge >= 0.3 is 0 Å². The van der Waals surface area contributed by atoms with Gasteiger partial charge in [-0.2, -0.15) is 5.10 Å². The number of morpholine rings is 1. The van der Waals surface area contributed by atoms with E-state index in [1.807, 2.05) is 22.9 Å². The monoisotopic (exact) mass is 513 g/mol. The van der Waals surface area contributed by atoms with Crippen molar-refractivity contribution >= 4 is 32.9 Å². The molecular formula is C26H32BrN3O3. The van der Waals surface area contributed by atoms with Crippen LogP contribution in [-0.2, 0) is 11.3 Å². The van der Waals surface area contributed by atoms with Crippen molar-refractivity contribution in [3.63, 3.8) is 0 Å². The summed E-state index contributed by atoms with van der Waals surface area (Å²) in [6.45, 7) is 12.4. The molecule has 0 spiro atoms. The first-order chi connectivity index (χ1) is 15.7. The van der Waals surface area contributed by atoms with Gasteiger partial charge in [-0.15, -0.1) is 0 Å². The topological polar surface area (TPSA) is 59.8 Å². The van der Waals surface area contributed by atoms with Crippen LogP contribution in [0.2, 0.25) is 0 Å². The van der Waals surface area contributed by atoms with Gasteiger partial charge in [0, 0.05) is 25.0 Å². The van der Waals surface area contributed by atoms with Gasteiger partial charge in [0.25, 0.3) is 0 Å². The molecule has 0 saturated carbocycles. The van der Waals surface area contributed by atoms with E-state index in [0.29, 0.717) is 6.54 Å². The molecule has 1 aliphatic heterocycles.